The molecule has 124 valence electrons. The van der Waals surface area contributed by atoms with E-state index in [2.05, 4.69) is 26.6 Å². The molecule has 0 aliphatic heterocycles. The van der Waals surface area contributed by atoms with Crippen molar-refractivity contribution in [1.82, 2.24) is 5.32 Å². The molecule has 24 heavy (non-hydrogen) atoms. The number of hydrogen-bond donors (Lipinski definition) is 3. The molecule has 2 aromatic rings. The van der Waals surface area contributed by atoms with Crippen molar-refractivity contribution in [2.45, 2.75) is 0 Å². The van der Waals surface area contributed by atoms with Gasteiger partial charge in [0.15, 0.2) is 5.11 Å². The third kappa shape index (κ3) is 4.53. The first-order valence-electron chi connectivity index (χ1n) is 6.76. The van der Waals surface area contributed by atoms with Gasteiger partial charge in [-0.05, 0) is 48.6 Å². The van der Waals surface area contributed by atoms with Crippen molar-refractivity contribution < 1.29 is 14.3 Å². The third-order valence-electron chi connectivity index (χ3n) is 3.04. The Bertz CT molecular complexity index is 811. The van der Waals surface area contributed by atoms with Crippen LogP contribution in [0.2, 0.25) is 0 Å². The molecule has 2 aromatic carbocycles. The molecule has 0 aliphatic rings. The number of methoxy groups -OCH3 is 1. The number of nitrogens with one attached hydrogen (secondary N) is 2. The van der Waals surface area contributed by atoms with Crippen LogP contribution < -0.4 is 21.1 Å². The molecule has 0 aliphatic carbocycles. The summed E-state index contributed by atoms with van der Waals surface area (Å²) in [5.41, 5.74) is 6.44. The summed E-state index contributed by atoms with van der Waals surface area (Å²) in [5, 5.41) is 5.48. The zero-order valence-corrected chi connectivity index (χ0v) is 15.0. The fourth-order valence-corrected chi connectivity index (χ4v) is 2.51. The number of primary amides is 1. The predicted molar refractivity (Wildman–Crippen MR) is 99.3 cm³/mol. The normalized spacial score (nSPS) is 9.92. The highest BCUT2D eigenvalue weighted by Gasteiger charge is 2.14. The Morgan fingerprint density at radius 2 is 1.96 bits per heavy atom. The fourth-order valence-electron chi connectivity index (χ4n) is 1.94. The highest BCUT2D eigenvalue weighted by molar-refractivity contribution is 9.10. The lowest BCUT2D eigenvalue weighted by Gasteiger charge is -2.12. The fraction of sp³-hybridized carbons (Fsp3) is 0.0625. The topological polar surface area (TPSA) is 93.4 Å². The van der Waals surface area contributed by atoms with Gasteiger partial charge in [-0.2, -0.15) is 0 Å². The van der Waals surface area contributed by atoms with Crippen molar-refractivity contribution in [2.75, 3.05) is 12.4 Å². The third-order valence-corrected chi connectivity index (χ3v) is 3.74. The molecule has 4 N–H and O–H groups in total. The molecule has 2 rings (SSSR count). The first-order valence-corrected chi connectivity index (χ1v) is 7.96. The molecule has 0 atom stereocenters. The lowest BCUT2D eigenvalue weighted by atomic mass is 10.2. The number of benzene rings is 2. The van der Waals surface area contributed by atoms with E-state index in [1.54, 1.807) is 42.5 Å². The zero-order valence-electron chi connectivity index (χ0n) is 12.6. The van der Waals surface area contributed by atoms with E-state index in [1.807, 2.05) is 0 Å². The Balaban J connectivity index is 2.10. The molecule has 0 radical (unpaired) electrons. The zero-order chi connectivity index (χ0) is 17.7. The second-order valence-electron chi connectivity index (χ2n) is 4.70. The number of carbonyl (C=O) groups excluding carboxylic acids is 2. The largest absolute Gasteiger partial charge is 0.496 e. The quantitative estimate of drug-likeness (QED) is 0.677. The number of thiocarbonyl (C=S) groups is 1. The highest BCUT2D eigenvalue weighted by Crippen LogP contribution is 2.22. The van der Waals surface area contributed by atoms with E-state index in [9.17, 15) is 9.59 Å². The summed E-state index contributed by atoms with van der Waals surface area (Å²) in [6.45, 7) is 0. The Hall–Kier alpha value is -2.45. The van der Waals surface area contributed by atoms with Crippen LogP contribution in [0, 0.1) is 0 Å². The number of carbonyl (C=O) groups is 2. The van der Waals surface area contributed by atoms with Crippen molar-refractivity contribution in [3.63, 3.8) is 0 Å². The summed E-state index contributed by atoms with van der Waals surface area (Å²) in [6, 6.07) is 11.6. The molecule has 8 heteroatoms. The van der Waals surface area contributed by atoms with E-state index in [-0.39, 0.29) is 5.11 Å². The molecule has 2 amide bonds. The maximum atomic E-state index is 12.3. The molecule has 0 aromatic heterocycles. The van der Waals surface area contributed by atoms with E-state index < -0.39 is 11.8 Å². The van der Waals surface area contributed by atoms with E-state index in [4.69, 9.17) is 22.7 Å². The molecule has 0 bridgehead atoms. The van der Waals surface area contributed by atoms with Crippen LogP contribution >= 0.6 is 28.1 Å². The van der Waals surface area contributed by atoms with Crippen LogP contribution in [0.1, 0.15) is 20.7 Å². The van der Waals surface area contributed by atoms with Crippen LogP contribution in [0.4, 0.5) is 5.69 Å². The second kappa shape index (κ2) is 7.89. The highest BCUT2D eigenvalue weighted by atomic mass is 79.9. The number of halogens is 1. The van der Waals surface area contributed by atoms with Gasteiger partial charge in [-0.1, -0.05) is 22.0 Å². The van der Waals surface area contributed by atoms with Crippen LogP contribution in [0.15, 0.2) is 46.9 Å². The Morgan fingerprint density at radius 3 is 2.62 bits per heavy atom. The molecular formula is C16H14BrN3O3S. The number of amides is 2. The number of rotatable bonds is 4. The van der Waals surface area contributed by atoms with Crippen LogP contribution in [0.3, 0.4) is 0 Å². The van der Waals surface area contributed by atoms with Gasteiger partial charge in [-0.15, -0.1) is 0 Å². The number of nitrogens with two attached hydrogens (primary N) is 1. The van der Waals surface area contributed by atoms with E-state index in [0.29, 0.717) is 22.6 Å². The monoisotopic (exact) mass is 407 g/mol. The van der Waals surface area contributed by atoms with Gasteiger partial charge in [0.05, 0.1) is 12.7 Å². The SMILES string of the molecule is COc1ccc(Br)cc1C(=O)NC(=S)Nc1cccc(C(N)=O)c1. The summed E-state index contributed by atoms with van der Waals surface area (Å²) in [4.78, 5) is 23.5. The number of ether oxygens (including phenoxy) is 1. The first-order chi connectivity index (χ1) is 11.4. The van der Waals surface area contributed by atoms with Gasteiger partial charge in [0.2, 0.25) is 5.91 Å². The maximum absolute atomic E-state index is 12.3. The molecular weight excluding hydrogens is 394 g/mol. The van der Waals surface area contributed by atoms with Crippen molar-refractivity contribution in [3.8, 4) is 5.75 Å². The summed E-state index contributed by atoms with van der Waals surface area (Å²) in [7, 11) is 1.48. The van der Waals surface area contributed by atoms with Crippen molar-refractivity contribution >= 4 is 50.8 Å². The second-order valence-corrected chi connectivity index (χ2v) is 6.02. The smallest absolute Gasteiger partial charge is 0.261 e. The number of anilines is 1. The minimum absolute atomic E-state index is 0.0867. The van der Waals surface area contributed by atoms with Gasteiger partial charge in [0.1, 0.15) is 5.75 Å². The molecule has 0 spiro atoms. The molecule has 0 fully saturated rings. The average molecular weight is 408 g/mol. The lowest BCUT2D eigenvalue weighted by Crippen LogP contribution is -2.34. The van der Waals surface area contributed by atoms with Gasteiger partial charge in [0.25, 0.3) is 5.91 Å². The molecule has 0 saturated carbocycles. The van der Waals surface area contributed by atoms with Crippen molar-refractivity contribution in [2.24, 2.45) is 5.73 Å². The summed E-state index contributed by atoms with van der Waals surface area (Å²) >= 11 is 8.43. The van der Waals surface area contributed by atoms with Crippen LogP contribution in [-0.2, 0) is 0 Å². The minimum Gasteiger partial charge on any atom is -0.496 e. The van der Waals surface area contributed by atoms with E-state index >= 15 is 0 Å². The minimum atomic E-state index is -0.549. The first kappa shape index (κ1) is 17.9. The Kier molecular flexibility index (Phi) is 5.88. The van der Waals surface area contributed by atoms with Crippen molar-refractivity contribution in [1.29, 1.82) is 0 Å². The summed E-state index contributed by atoms with van der Waals surface area (Å²) in [5.74, 6) is -0.543. The van der Waals surface area contributed by atoms with Gasteiger partial charge >= 0.3 is 0 Å². The van der Waals surface area contributed by atoms with Crippen molar-refractivity contribution in [3.05, 3.63) is 58.1 Å². The predicted octanol–water partition coefficient (Wildman–Crippen LogP) is 2.68. The Morgan fingerprint density at radius 1 is 1.21 bits per heavy atom. The van der Waals surface area contributed by atoms with E-state index in [0.717, 1.165) is 4.47 Å². The van der Waals surface area contributed by atoms with E-state index in [1.165, 1.54) is 7.11 Å². The molecule has 6 nitrogen and oxygen atoms in total. The maximum Gasteiger partial charge on any atom is 0.261 e. The van der Waals surface area contributed by atoms with Gasteiger partial charge in [0, 0.05) is 15.7 Å². The Labute approximate surface area is 152 Å². The standard InChI is InChI=1S/C16H14BrN3O3S/c1-23-13-6-5-10(17)8-12(13)15(22)20-16(24)19-11-4-2-3-9(7-11)14(18)21/h2-8H,1H3,(H2,18,21)(H2,19,20,22,24). The number of hydrogen-bond acceptors (Lipinski definition) is 4. The molecule has 0 heterocycles. The summed E-state index contributed by atoms with van der Waals surface area (Å²) in [6.07, 6.45) is 0. The van der Waals surface area contributed by atoms with Gasteiger partial charge < -0.3 is 15.8 Å². The van der Waals surface area contributed by atoms with Gasteiger partial charge in [-0.25, -0.2) is 0 Å². The van der Waals surface area contributed by atoms with Gasteiger partial charge in [-0.3, -0.25) is 14.9 Å². The average Bonchev–Trinajstić information content (AvgIpc) is 2.54. The van der Waals surface area contributed by atoms with Crippen LogP contribution in [0.5, 0.6) is 5.75 Å². The molecule has 0 unspecified atom stereocenters. The van der Waals surface area contributed by atoms with Crippen LogP contribution in [0.25, 0.3) is 0 Å². The molecule has 0 saturated heterocycles. The van der Waals surface area contributed by atoms with Crippen LogP contribution in [-0.4, -0.2) is 24.0 Å². The lowest BCUT2D eigenvalue weighted by molar-refractivity contribution is 0.0972. The summed E-state index contributed by atoms with van der Waals surface area (Å²) < 4.78 is 5.90.